The maximum atomic E-state index is 12.0. The highest BCUT2D eigenvalue weighted by atomic mass is 79.9. The Hall–Kier alpha value is -0.150. The summed E-state index contributed by atoms with van der Waals surface area (Å²) in [5.41, 5.74) is 0.734. The van der Waals surface area contributed by atoms with E-state index in [4.69, 9.17) is 0 Å². The van der Waals surface area contributed by atoms with Gasteiger partial charge in [0.1, 0.15) is 0 Å². The molecule has 1 aromatic carbocycles. The molecule has 0 radical (unpaired) electrons. The van der Waals surface area contributed by atoms with Gasteiger partial charge in [0, 0.05) is 10.4 Å². The Kier molecular flexibility index (Phi) is 3.90. The van der Waals surface area contributed by atoms with Gasteiger partial charge in [0.15, 0.2) is 5.78 Å². The summed E-state index contributed by atoms with van der Waals surface area (Å²) in [5, 5.41) is 0. The predicted octanol–water partition coefficient (Wildman–Crippen LogP) is 3.81. The third-order valence-corrected chi connectivity index (χ3v) is 4.80. The number of carbonyl (C=O) groups excluding carboxylic acids is 1. The van der Waals surface area contributed by atoms with Crippen molar-refractivity contribution in [3.63, 3.8) is 0 Å². The van der Waals surface area contributed by atoms with Crippen molar-refractivity contribution in [3.05, 3.63) is 35.9 Å². The van der Waals surface area contributed by atoms with E-state index in [-0.39, 0.29) is 10.6 Å². The SMILES string of the molecule is CC(Br)C(C)(Br)C(=O)c1ccccc1. The molecule has 1 rings (SSSR count). The molecule has 0 aliphatic heterocycles. The van der Waals surface area contributed by atoms with Crippen LogP contribution in [0.4, 0.5) is 0 Å². The fraction of sp³-hybridized carbons (Fsp3) is 0.364. The van der Waals surface area contributed by atoms with Crippen molar-refractivity contribution in [1.82, 2.24) is 0 Å². The van der Waals surface area contributed by atoms with Gasteiger partial charge in [-0.25, -0.2) is 0 Å². The van der Waals surface area contributed by atoms with Crippen molar-refractivity contribution in [1.29, 1.82) is 0 Å². The first-order chi connectivity index (χ1) is 6.46. The van der Waals surface area contributed by atoms with Crippen LogP contribution in [0.25, 0.3) is 0 Å². The zero-order valence-electron chi connectivity index (χ0n) is 8.13. The van der Waals surface area contributed by atoms with E-state index < -0.39 is 4.32 Å². The van der Waals surface area contributed by atoms with E-state index in [1.54, 1.807) is 0 Å². The molecule has 0 spiro atoms. The Morgan fingerprint density at radius 2 is 1.86 bits per heavy atom. The molecule has 3 heteroatoms. The highest BCUT2D eigenvalue weighted by Crippen LogP contribution is 2.31. The second-order valence-corrected chi connectivity index (χ2v) is 6.41. The lowest BCUT2D eigenvalue weighted by Gasteiger charge is -2.23. The summed E-state index contributed by atoms with van der Waals surface area (Å²) < 4.78 is -0.547. The lowest BCUT2D eigenvalue weighted by atomic mass is 9.97. The second-order valence-electron chi connectivity index (χ2n) is 3.39. The number of Topliss-reactive ketones (excluding diaryl/α,β-unsaturated/α-hetero) is 1. The maximum absolute atomic E-state index is 12.0. The number of rotatable bonds is 3. The molecule has 2 atom stereocenters. The van der Waals surface area contributed by atoms with Crippen molar-refractivity contribution in [2.45, 2.75) is 23.0 Å². The molecule has 2 unspecified atom stereocenters. The van der Waals surface area contributed by atoms with Gasteiger partial charge >= 0.3 is 0 Å². The van der Waals surface area contributed by atoms with E-state index in [1.165, 1.54) is 0 Å². The molecule has 0 amide bonds. The van der Waals surface area contributed by atoms with Gasteiger partial charge in [0.2, 0.25) is 0 Å². The average molecular weight is 320 g/mol. The summed E-state index contributed by atoms with van der Waals surface area (Å²) in [4.78, 5) is 12.1. The summed E-state index contributed by atoms with van der Waals surface area (Å²) >= 11 is 6.88. The number of benzene rings is 1. The Morgan fingerprint density at radius 3 is 2.29 bits per heavy atom. The third-order valence-electron chi connectivity index (χ3n) is 2.23. The smallest absolute Gasteiger partial charge is 0.180 e. The van der Waals surface area contributed by atoms with Crippen molar-refractivity contribution in [2.24, 2.45) is 0 Å². The molecule has 0 aliphatic rings. The predicted molar refractivity (Wildman–Crippen MR) is 66.5 cm³/mol. The number of hydrogen-bond donors (Lipinski definition) is 0. The lowest BCUT2D eigenvalue weighted by Crippen LogP contribution is -2.36. The van der Waals surface area contributed by atoms with Crippen LogP contribution in [0.5, 0.6) is 0 Å². The normalized spacial score (nSPS) is 17.1. The molecule has 0 aliphatic carbocycles. The quantitative estimate of drug-likeness (QED) is 0.611. The Balaban J connectivity index is 2.97. The van der Waals surface area contributed by atoms with Gasteiger partial charge in [-0.3, -0.25) is 4.79 Å². The first-order valence-corrected chi connectivity index (χ1v) is 6.10. The Morgan fingerprint density at radius 1 is 1.36 bits per heavy atom. The first kappa shape index (κ1) is 11.9. The van der Waals surface area contributed by atoms with Crippen LogP contribution in [0, 0.1) is 0 Å². The van der Waals surface area contributed by atoms with E-state index in [0.717, 1.165) is 5.56 Å². The van der Waals surface area contributed by atoms with Crippen LogP contribution in [0.1, 0.15) is 24.2 Å². The summed E-state index contributed by atoms with van der Waals surface area (Å²) in [5.74, 6) is 0.0995. The van der Waals surface area contributed by atoms with E-state index in [9.17, 15) is 4.79 Å². The summed E-state index contributed by atoms with van der Waals surface area (Å²) in [6.45, 7) is 3.83. The molecule has 0 aromatic heterocycles. The second kappa shape index (κ2) is 4.58. The minimum atomic E-state index is -0.547. The van der Waals surface area contributed by atoms with Crippen molar-refractivity contribution in [3.8, 4) is 0 Å². The maximum Gasteiger partial charge on any atom is 0.180 e. The molecular weight excluding hydrogens is 308 g/mol. The van der Waals surface area contributed by atoms with Gasteiger partial charge in [0.05, 0.1) is 4.32 Å². The summed E-state index contributed by atoms with van der Waals surface area (Å²) in [6.07, 6.45) is 0. The van der Waals surface area contributed by atoms with Crippen LogP contribution in [0.2, 0.25) is 0 Å². The highest BCUT2D eigenvalue weighted by Gasteiger charge is 2.35. The molecule has 1 aromatic rings. The molecule has 76 valence electrons. The number of halogens is 2. The van der Waals surface area contributed by atoms with Crippen LogP contribution in [-0.2, 0) is 0 Å². The third kappa shape index (κ3) is 2.45. The minimum absolute atomic E-state index is 0.0858. The number of carbonyl (C=O) groups is 1. The molecular formula is C11H12Br2O. The van der Waals surface area contributed by atoms with Gasteiger partial charge in [-0.15, -0.1) is 0 Å². The van der Waals surface area contributed by atoms with Crippen LogP contribution in [-0.4, -0.2) is 14.9 Å². The van der Waals surface area contributed by atoms with Crippen molar-refractivity contribution in [2.75, 3.05) is 0 Å². The van der Waals surface area contributed by atoms with Crippen molar-refractivity contribution >= 4 is 37.6 Å². The van der Waals surface area contributed by atoms with E-state index in [0.29, 0.717) is 0 Å². The molecule has 0 heterocycles. The van der Waals surface area contributed by atoms with Crippen molar-refractivity contribution < 1.29 is 4.79 Å². The van der Waals surface area contributed by atoms with Crippen LogP contribution >= 0.6 is 31.9 Å². The topological polar surface area (TPSA) is 17.1 Å². The van der Waals surface area contributed by atoms with Gasteiger partial charge in [-0.2, -0.15) is 0 Å². The van der Waals surface area contributed by atoms with Crippen LogP contribution < -0.4 is 0 Å². The zero-order chi connectivity index (χ0) is 10.8. The van der Waals surface area contributed by atoms with Gasteiger partial charge in [-0.1, -0.05) is 69.1 Å². The van der Waals surface area contributed by atoms with E-state index >= 15 is 0 Å². The largest absolute Gasteiger partial charge is 0.293 e. The monoisotopic (exact) mass is 318 g/mol. The molecule has 0 fully saturated rings. The number of alkyl halides is 2. The fourth-order valence-corrected chi connectivity index (χ4v) is 1.49. The van der Waals surface area contributed by atoms with Gasteiger partial charge in [-0.05, 0) is 6.92 Å². The fourth-order valence-electron chi connectivity index (χ4n) is 1.05. The summed E-state index contributed by atoms with van der Waals surface area (Å²) in [6, 6.07) is 9.30. The highest BCUT2D eigenvalue weighted by molar-refractivity contribution is 9.12. The van der Waals surface area contributed by atoms with Gasteiger partial charge < -0.3 is 0 Å². The number of ketones is 1. The molecule has 14 heavy (non-hydrogen) atoms. The van der Waals surface area contributed by atoms with Crippen LogP contribution in [0.15, 0.2) is 30.3 Å². The molecule has 0 N–H and O–H groups in total. The Bertz CT molecular complexity index is 317. The molecule has 0 saturated heterocycles. The minimum Gasteiger partial charge on any atom is -0.293 e. The number of hydrogen-bond acceptors (Lipinski definition) is 1. The molecule has 0 saturated carbocycles. The zero-order valence-corrected chi connectivity index (χ0v) is 11.3. The summed E-state index contributed by atoms with van der Waals surface area (Å²) in [7, 11) is 0. The lowest BCUT2D eigenvalue weighted by molar-refractivity contribution is 0.0955. The molecule has 1 nitrogen and oxygen atoms in total. The molecule has 0 bridgehead atoms. The Labute approximate surface area is 101 Å². The average Bonchev–Trinajstić information content (AvgIpc) is 2.17. The van der Waals surface area contributed by atoms with Gasteiger partial charge in [0.25, 0.3) is 0 Å². The standard InChI is InChI=1S/C11H12Br2O/c1-8(12)11(2,13)10(14)9-6-4-3-5-7-9/h3-8H,1-2H3. The first-order valence-electron chi connectivity index (χ1n) is 4.39. The van der Waals surface area contributed by atoms with Crippen LogP contribution in [0.3, 0.4) is 0 Å². The van der Waals surface area contributed by atoms with E-state index in [1.807, 2.05) is 44.2 Å². The van der Waals surface area contributed by atoms with E-state index in [2.05, 4.69) is 31.9 Å².